The van der Waals surface area contributed by atoms with Crippen molar-refractivity contribution in [2.24, 2.45) is 5.92 Å². The van der Waals surface area contributed by atoms with Crippen molar-refractivity contribution in [3.8, 4) is 5.75 Å². The SMILES string of the molecule is C=C1C(=O)OC2c3c(C)c(OC(=O)c4ccc(F)cc4F)cc(C)c3CCC12. The highest BCUT2D eigenvalue weighted by Crippen LogP contribution is 2.49. The van der Waals surface area contributed by atoms with Crippen LogP contribution in [0.25, 0.3) is 0 Å². The number of rotatable bonds is 2. The molecule has 0 saturated carbocycles. The van der Waals surface area contributed by atoms with E-state index in [9.17, 15) is 18.4 Å². The normalized spacial score (nSPS) is 20.4. The summed E-state index contributed by atoms with van der Waals surface area (Å²) < 4.78 is 38.0. The smallest absolute Gasteiger partial charge is 0.346 e. The van der Waals surface area contributed by atoms with Crippen molar-refractivity contribution in [1.29, 1.82) is 0 Å². The molecule has 0 bridgehead atoms. The quantitative estimate of drug-likeness (QED) is 0.434. The van der Waals surface area contributed by atoms with Crippen LogP contribution in [0.3, 0.4) is 0 Å². The van der Waals surface area contributed by atoms with Gasteiger partial charge in [0.2, 0.25) is 0 Å². The number of hydrogen-bond acceptors (Lipinski definition) is 4. The van der Waals surface area contributed by atoms with Gasteiger partial charge in [0.05, 0.1) is 5.56 Å². The number of aryl methyl sites for hydroxylation is 1. The molecule has 1 saturated heterocycles. The topological polar surface area (TPSA) is 52.6 Å². The maximum absolute atomic E-state index is 13.9. The molecule has 4 nitrogen and oxygen atoms in total. The third-order valence-corrected chi connectivity index (χ3v) is 5.58. The Kier molecular flexibility index (Phi) is 4.29. The van der Waals surface area contributed by atoms with Crippen molar-refractivity contribution < 1.29 is 27.8 Å². The van der Waals surface area contributed by atoms with Crippen LogP contribution in [0.4, 0.5) is 8.78 Å². The predicted octanol–water partition coefficient (Wildman–Crippen LogP) is 4.52. The lowest BCUT2D eigenvalue weighted by Crippen LogP contribution is -2.21. The summed E-state index contributed by atoms with van der Waals surface area (Å²) in [5, 5.41) is 0. The first-order valence-electron chi connectivity index (χ1n) is 8.98. The van der Waals surface area contributed by atoms with Crippen molar-refractivity contribution in [2.45, 2.75) is 32.8 Å². The second kappa shape index (κ2) is 6.55. The van der Waals surface area contributed by atoms with Crippen LogP contribution in [0, 0.1) is 31.4 Å². The van der Waals surface area contributed by atoms with E-state index < -0.39 is 29.7 Å². The molecule has 144 valence electrons. The third-order valence-electron chi connectivity index (χ3n) is 5.58. The standard InChI is InChI=1S/C22H18F2O4/c1-10-8-18(27-22(26)16-5-4-13(23)9-17(16)24)12(3)19-14(10)6-7-15-11(2)21(25)28-20(15)19/h4-5,8-9,15,20H,2,6-7H2,1,3H3. The molecule has 0 radical (unpaired) electrons. The van der Waals surface area contributed by atoms with Crippen molar-refractivity contribution >= 4 is 11.9 Å². The van der Waals surface area contributed by atoms with Gasteiger partial charge in [-0.15, -0.1) is 0 Å². The molecule has 28 heavy (non-hydrogen) atoms. The van der Waals surface area contributed by atoms with Gasteiger partial charge in [-0.2, -0.15) is 0 Å². The van der Waals surface area contributed by atoms with Crippen LogP contribution < -0.4 is 4.74 Å². The minimum Gasteiger partial charge on any atom is -0.453 e. The van der Waals surface area contributed by atoms with Crippen molar-refractivity contribution in [1.82, 2.24) is 0 Å². The summed E-state index contributed by atoms with van der Waals surface area (Å²) in [4.78, 5) is 24.4. The minimum absolute atomic E-state index is 0.0985. The summed E-state index contributed by atoms with van der Waals surface area (Å²) >= 11 is 0. The van der Waals surface area contributed by atoms with Gasteiger partial charge in [0.1, 0.15) is 23.5 Å². The molecule has 0 spiro atoms. The Morgan fingerprint density at radius 3 is 2.71 bits per heavy atom. The molecular formula is C22H18F2O4. The lowest BCUT2D eigenvalue weighted by Gasteiger charge is -2.30. The van der Waals surface area contributed by atoms with Crippen LogP contribution in [0.2, 0.25) is 0 Å². The lowest BCUT2D eigenvalue weighted by atomic mass is 9.76. The zero-order valence-corrected chi connectivity index (χ0v) is 15.5. The Hall–Kier alpha value is -3.02. The number of benzene rings is 2. The molecule has 1 aliphatic carbocycles. The second-order valence-electron chi connectivity index (χ2n) is 7.22. The lowest BCUT2D eigenvalue weighted by molar-refractivity contribution is -0.139. The van der Waals surface area contributed by atoms with Crippen molar-refractivity contribution in [3.05, 3.63) is 75.9 Å². The first-order valence-corrected chi connectivity index (χ1v) is 8.98. The van der Waals surface area contributed by atoms with Gasteiger partial charge in [-0.3, -0.25) is 0 Å². The van der Waals surface area contributed by atoms with Gasteiger partial charge in [-0.25, -0.2) is 18.4 Å². The van der Waals surface area contributed by atoms with Gasteiger partial charge in [0.15, 0.2) is 0 Å². The molecule has 1 aliphatic heterocycles. The van der Waals surface area contributed by atoms with Crippen molar-refractivity contribution in [2.75, 3.05) is 0 Å². The van der Waals surface area contributed by atoms with E-state index in [0.29, 0.717) is 17.2 Å². The van der Waals surface area contributed by atoms with E-state index >= 15 is 0 Å². The Morgan fingerprint density at radius 2 is 2.00 bits per heavy atom. The molecule has 6 heteroatoms. The number of carbonyl (C=O) groups is 2. The van der Waals surface area contributed by atoms with Gasteiger partial charge >= 0.3 is 11.9 Å². The summed E-state index contributed by atoms with van der Waals surface area (Å²) in [5.41, 5.74) is 3.56. The molecule has 0 N–H and O–H groups in total. The molecule has 2 unspecified atom stereocenters. The molecule has 2 aromatic rings. The molecule has 4 rings (SSSR count). The van der Waals surface area contributed by atoms with Gasteiger partial charge in [0, 0.05) is 23.1 Å². The summed E-state index contributed by atoms with van der Waals surface area (Å²) in [7, 11) is 0. The van der Waals surface area contributed by atoms with E-state index in [2.05, 4.69) is 6.58 Å². The number of fused-ring (bicyclic) bond motifs is 3. The van der Waals surface area contributed by atoms with Gasteiger partial charge < -0.3 is 9.47 Å². The van der Waals surface area contributed by atoms with Crippen LogP contribution in [0.5, 0.6) is 5.75 Å². The van der Waals surface area contributed by atoms with Crippen LogP contribution in [-0.2, 0) is 16.0 Å². The average Bonchev–Trinajstić information content (AvgIpc) is 2.93. The Balaban J connectivity index is 1.73. The van der Waals surface area contributed by atoms with Crippen LogP contribution in [0.15, 0.2) is 36.4 Å². The maximum atomic E-state index is 13.9. The highest BCUT2D eigenvalue weighted by Gasteiger charge is 2.44. The molecule has 2 aromatic carbocycles. The first kappa shape index (κ1) is 18.3. The van der Waals surface area contributed by atoms with Gasteiger partial charge in [-0.05, 0) is 61.6 Å². The minimum atomic E-state index is -0.988. The Labute approximate surface area is 160 Å². The summed E-state index contributed by atoms with van der Waals surface area (Å²) in [5.74, 6) is -2.92. The number of esters is 2. The second-order valence-corrected chi connectivity index (χ2v) is 7.22. The number of hydrogen-bond donors (Lipinski definition) is 0. The molecular weight excluding hydrogens is 366 g/mol. The van der Waals surface area contributed by atoms with Crippen LogP contribution in [0.1, 0.15) is 45.1 Å². The monoisotopic (exact) mass is 384 g/mol. The fraction of sp³-hybridized carbons (Fsp3) is 0.273. The summed E-state index contributed by atoms with van der Waals surface area (Å²) in [6.07, 6.45) is 1.07. The maximum Gasteiger partial charge on any atom is 0.346 e. The van der Waals surface area contributed by atoms with Crippen LogP contribution in [-0.4, -0.2) is 11.9 Å². The molecule has 0 amide bonds. The predicted molar refractivity (Wildman–Crippen MR) is 97.0 cm³/mol. The van der Waals surface area contributed by atoms with Gasteiger partial charge in [0.25, 0.3) is 0 Å². The molecule has 1 fully saturated rings. The first-order chi connectivity index (χ1) is 13.3. The largest absolute Gasteiger partial charge is 0.453 e. The highest BCUT2D eigenvalue weighted by molar-refractivity contribution is 5.92. The van der Waals surface area contributed by atoms with E-state index in [4.69, 9.17) is 9.47 Å². The zero-order chi connectivity index (χ0) is 20.2. The fourth-order valence-corrected chi connectivity index (χ4v) is 4.09. The van der Waals surface area contributed by atoms with Gasteiger partial charge in [-0.1, -0.05) is 6.58 Å². The third kappa shape index (κ3) is 2.80. The number of halogens is 2. The average molecular weight is 384 g/mol. The van der Waals surface area contributed by atoms with E-state index in [-0.39, 0.29) is 17.2 Å². The molecule has 2 atom stereocenters. The molecule has 0 aromatic heterocycles. The Bertz CT molecular complexity index is 1040. The fourth-order valence-electron chi connectivity index (χ4n) is 4.09. The highest BCUT2D eigenvalue weighted by atomic mass is 19.1. The van der Waals surface area contributed by atoms with E-state index in [1.165, 1.54) is 0 Å². The van der Waals surface area contributed by atoms with Crippen molar-refractivity contribution in [3.63, 3.8) is 0 Å². The number of ether oxygens (including phenoxy) is 2. The van der Waals surface area contributed by atoms with E-state index in [1.54, 1.807) is 13.0 Å². The summed E-state index contributed by atoms with van der Waals surface area (Å²) in [6, 6.07) is 4.40. The van der Waals surface area contributed by atoms with Crippen LogP contribution >= 0.6 is 0 Å². The van der Waals surface area contributed by atoms with E-state index in [0.717, 1.165) is 41.7 Å². The number of carbonyl (C=O) groups excluding carboxylic acids is 2. The summed E-state index contributed by atoms with van der Waals surface area (Å²) in [6.45, 7) is 7.51. The Morgan fingerprint density at radius 1 is 1.25 bits per heavy atom. The zero-order valence-electron chi connectivity index (χ0n) is 15.5. The molecule has 1 heterocycles. The molecule has 2 aliphatic rings. The van der Waals surface area contributed by atoms with E-state index in [1.807, 2.05) is 6.92 Å².